The Bertz CT molecular complexity index is 928. The zero-order valence-electron chi connectivity index (χ0n) is 14.4. The Labute approximate surface area is 151 Å². The summed E-state index contributed by atoms with van der Waals surface area (Å²) in [5.74, 6) is -1.25. The quantitative estimate of drug-likeness (QED) is 0.684. The highest BCUT2D eigenvalue weighted by Crippen LogP contribution is 2.28. The molecular formula is C21H19NO4. The molecule has 0 saturated carbocycles. The smallest absolute Gasteiger partial charge is 0.337 e. The van der Waals surface area contributed by atoms with Gasteiger partial charge in [-0.2, -0.15) is 0 Å². The molecular weight excluding hydrogens is 330 g/mol. The van der Waals surface area contributed by atoms with Crippen molar-refractivity contribution < 1.29 is 19.4 Å². The van der Waals surface area contributed by atoms with E-state index in [2.05, 4.69) is 0 Å². The van der Waals surface area contributed by atoms with Gasteiger partial charge in [0, 0.05) is 11.4 Å². The molecule has 0 spiro atoms. The monoisotopic (exact) mass is 349 g/mol. The first kappa shape index (κ1) is 17.5. The molecule has 0 aliphatic heterocycles. The van der Waals surface area contributed by atoms with E-state index in [4.69, 9.17) is 9.84 Å². The average molecular weight is 349 g/mol. The Hall–Kier alpha value is -3.34. The van der Waals surface area contributed by atoms with Crippen molar-refractivity contribution in [3.8, 4) is 16.9 Å². The molecule has 0 bridgehead atoms. The van der Waals surface area contributed by atoms with Gasteiger partial charge in [0.25, 0.3) is 0 Å². The summed E-state index contributed by atoms with van der Waals surface area (Å²) in [7, 11) is 1.35. The molecule has 26 heavy (non-hydrogen) atoms. The molecule has 0 radical (unpaired) electrons. The van der Waals surface area contributed by atoms with Gasteiger partial charge >= 0.3 is 11.9 Å². The number of carboxylic acid groups (broad SMARTS) is 1. The number of carboxylic acids is 1. The van der Waals surface area contributed by atoms with Gasteiger partial charge in [-0.05, 0) is 42.3 Å². The Morgan fingerprint density at radius 3 is 2.46 bits per heavy atom. The van der Waals surface area contributed by atoms with E-state index < -0.39 is 11.9 Å². The van der Waals surface area contributed by atoms with E-state index in [-0.39, 0.29) is 6.42 Å². The van der Waals surface area contributed by atoms with Crippen molar-refractivity contribution in [2.75, 3.05) is 7.11 Å². The molecule has 5 nitrogen and oxygen atoms in total. The molecule has 5 heteroatoms. The lowest BCUT2D eigenvalue weighted by atomic mass is 10.1. The number of rotatable bonds is 6. The summed E-state index contributed by atoms with van der Waals surface area (Å²) in [6.07, 6.45) is 0.430. The van der Waals surface area contributed by atoms with Crippen molar-refractivity contribution in [2.45, 2.75) is 12.8 Å². The van der Waals surface area contributed by atoms with Gasteiger partial charge in [0.1, 0.15) is 0 Å². The van der Waals surface area contributed by atoms with Gasteiger partial charge in [0.2, 0.25) is 0 Å². The lowest BCUT2D eigenvalue weighted by molar-refractivity contribution is -0.136. The summed E-state index contributed by atoms with van der Waals surface area (Å²) in [5.41, 5.74) is 4.05. The Morgan fingerprint density at radius 2 is 1.77 bits per heavy atom. The van der Waals surface area contributed by atoms with Gasteiger partial charge < -0.3 is 14.4 Å². The maximum absolute atomic E-state index is 11.9. The third-order valence-corrected chi connectivity index (χ3v) is 4.15. The predicted molar refractivity (Wildman–Crippen MR) is 98.5 cm³/mol. The number of esters is 1. The van der Waals surface area contributed by atoms with Gasteiger partial charge in [-0.1, -0.05) is 36.4 Å². The highest BCUT2D eigenvalue weighted by Gasteiger charge is 2.14. The van der Waals surface area contributed by atoms with Crippen molar-refractivity contribution in [3.63, 3.8) is 0 Å². The summed E-state index contributed by atoms with van der Waals surface area (Å²) in [4.78, 5) is 22.9. The lowest BCUT2D eigenvalue weighted by Crippen LogP contribution is -2.07. The first-order valence-electron chi connectivity index (χ1n) is 8.26. The van der Waals surface area contributed by atoms with E-state index >= 15 is 0 Å². The number of nitrogens with zero attached hydrogens (tertiary/aromatic N) is 1. The van der Waals surface area contributed by atoms with Crippen LogP contribution in [0.4, 0.5) is 0 Å². The molecule has 0 unspecified atom stereocenters. The molecule has 0 saturated heterocycles. The second kappa shape index (κ2) is 7.70. The second-order valence-corrected chi connectivity index (χ2v) is 5.85. The third kappa shape index (κ3) is 3.67. The van der Waals surface area contributed by atoms with Crippen LogP contribution in [0, 0.1) is 0 Å². The van der Waals surface area contributed by atoms with Crippen LogP contribution >= 0.6 is 0 Å². The van der Waals surface area contributed by atoms with Gasteiger partial charge in [-0.25, -0.2) is 4.79 Å². The van der Waals surface area contributed by atoms with Crippen molar-refractivity contribution in [1.29, 1.82) is 0 Å². The molecule has 0 fully saturated rings. The molecule has 3 aromatic rings. The van der Waals surface area contributed by atoms with Crippen LogP contribution in [0.15, 0.2) is 66.7 Å². The van der Waals surface area contributed by atoms with E-state index in [1.165, 1.54) is 7.11 Å². The van der Waals surface area contributed by atoms with E-state index in [9.17, 15) is 9.59 Å². The molecule has 0 aliphatic carbocycles. The number of aryl methyl sites for hydroxylation is 1. The fourth-order valence-corrected chi connectivity index (χ4v) is 2.94. The SMILES string of the molecule is COC(=O)c1cccc(-n2c(CCC(=O)O)ccc2-c2ccccc2)c1. The molecule has 132 valence electrons. The number of ether oxygens (including phenoxy) is 1. The minimum atomic E-state index is -0.845. The second-order valence-electron chi connectivity index (χ2n) is 5.85. The van der Waals surface area contributed by atoms with Crippen LogP contribution in [0.2, 0.25) is 0 Å². The van der Waals surface area contributed by atoms with E-state index in [1.807, 2.05) is 53.1 Å². The number of carbonyl (C=O) groups excluding carboxylic acids is 1. The number of hydrogen-bond donors (Lipinski definition) is 1. The normalized spacial score (nSPS) is 10.5. The highest BCUT2D eigenvalue weighted by molar-refractivity contribution is 5.90. The zero-order valence-corrected chi connectivity index (χ0v) is 14.4. The summed E-state index contributed by atoms with van der Waals surface area (Å²) in [5, 5.41) is 9.04. The number of aromatic nitrogens is 1. The molecule has 1 aromatic heterocycles. The molecule has 2 aromatic carbocycles. The molecule has 1 heterocycles. The number of carbonyl (C=O) groups is 2. The summed E-state index contributed by atoms with van der Waals surface area (Å²) < 4.78 is 6.80. The minimum absolute atomic E-state index is 0.0366. The Morgan fingerprint density at radius 1 is 1.00 bits per heavy atom. The van der Waals surface area contributed by atoms with Crippen LogP contribution in [-0.2, 0) is 16.0 Å². The van der Waals surface area contributed by atoms with E-state index in [0.29, 0.717) is 12.0 Å². The van der Waals surface area contributed by atoms with Crippen LogP contribution in [-0.4, -0.2) is 28.7 Å². The first-order chi connectivity index (χ1) is 12.6. The molecule has 0 atom stereocenters. The van der Waals surface area contributed by atoms with Crippen LogP contribution in [0.25, 0.3) is 16.9 Å². The molecule has 0 aliphatic rings. The average Bonchev–Trinajstić information content (AvgIpc) is 3.10. The predicted octanol–water partition coefficient (Wildman–Crippen LogP) is 3.95. The van der Waals surface area contributed by atoms with Crippen LogP contribution < -0.4 is 0 Å². The maximum atomic E-state index is 11.9. The lowest BCUT2D eigenvalue weighted by Gasteiger charge is -2.14. The van der Waals surface area contributed by atoms with Crippen LogP contribution in [0.3, 0.4) is 0 Å². The topological polar surface area (TPSA) is 68.5 Å². The van der Waals surface area contributed by atoms with Crippen molar-refractivity contribution in [3.05, 3.63) is 78.0 Å². The van der Waals surface area contributed by atoms with Gasteiger partial charge in [-0.3, -0.25) is 4.79 Å². The van der Waals surface area contributed by atoms with Crippen LogP contribution in [0.1, 0.15) is 22.5 Å². The zero-order chi connectivity index (χ0) is 18.5. The molecule has 1 N–H and O–H groups in total. The fourth-order valence-electron chi connectivity index (χ4n) is 2.94. The Kier molecular flexibility index (Phi) is 5.17. The summed E-state index contributed by atoms with van der Waals surface area (Å²) in [6, 6.07) is 20.9. The van der Waals surface area contributed by atoms with Crippen molar-refractivity contribution in [2.24, 2.45) is 0 Å². The minimum Gasteiger partial charge on any atom is -0.481 e. The van der Waals surface area contributed by atoms with Gasteiger partial charge in [0.05, 0.1) is 24.8 Å². The van der Waals surface area contributed by atoms with Crippen molar-refractivity contribution >= 4 is 11.9 Å². The summed E-state index contributed by atoms with van der Waals surface area (Å²) in [6.45, 7) is 0. The highest BCUT2D eigenvalue weighted by atomic mass is 16.5. The third-order valence-electron chi connectivity index (χ3n) is 4.15. The van der Waals surface area contributed by atoms with E-state index in [0.717, 1.165) is 22.6 Å². The number of benzene rings is 2. The van der Waals surface area contributed by atoms with Crippen LogP contribution in [0.5, 0.6) is 0 Å². The van der Waals surface area contributed by atoms with Crippen molar-refractivity contribution in [1.82, 2.24) is 4.57 Å². The van der Waals surface area contributed by atoms with Gasteiger partial charge in [0.15, 0.2) is 0 Å². The number of hydrogen-bond acceptors (Lipinski definition) is 3. The molecule has 0 amide bonds. The fraction of sp³-hybridized carbons (Fsp3) is 0.143. The standard InChI is InChI=1S/C21H19NO4/c1-26-21(25)16-8-5-9-18(14-16)22-17(11-13-20(23)24)10-12-19(22)15-6-3-2-4-7-15/h2-10,12,14H,11,13H2,1H3,(H,23,24). The Balaban J connectivity index is 2.12. The van der Waals surface area contributed by atoms with E-state index in [1.54, 1.807) is 18.2 Å². The largest absolute Gasteiger partial charge is 0.481 e. The van der Waals surface area contributed by atoms with Gasteiger partial charge in [-0.15, -0.1) is 0 Å². The first-order valence-corrected chi connectivity index (χ1v) is 8.26. The maximum Gasteiger partial charge on any atom is 0.337 e. The number of methoxy groups -OCH3 is 1. The summed E-state index contributed by atoms with van der Waals surface area (Å²) >= 11 is 0. The number of aliphatic carboxylic acids is 1. The molecule has 3 rings (SSSR count).